The second kappa shape index (κ2) is 7.63. The number of hydrogen-bond acceptors (Lipinski definition) is 3. The van der Waals surface area contributed by atoms with Crippen LogP contribution in [0.5, 0.6) is 0 Å². The Kier molecular flexibility index (Phi) is 6.15. The molecule has 0 unspecified atom stereocenters. The second-order valence-corrected chi connectivity index (χ2v) is 5.23. The van der Waals surface area contributed by atoms with Gasteiger partial charge in [-0.25, -0.2) is 0 Å². The average Bonchev–Trinajstić information content (AvgIpc) is 2.36. The lowest BCUT2D eigenvalue weighted by atomic mass is 10.2. The van der Waals surface area contributed by atoms with Gasteiger partial charge in [-0.1, -0.05) is 23.8 Å². The van der Waals surface area contributed by atoms with Gasteiger partial charge in [0.25, 0.3) is 5.91 Å². The first kappa shape index (κ1) is 15.3. The van der Waals surface area contributed by atoms with E-state index in [1.807, 2.05) is 26.0 Å². The van der Waals surface area contributed by atoms with Crippen LogP contribution in [0.1, 0.15) is 24.2 Å². The van der Waals surface area contributed by atoms with Crippen molar-refractivity contribution in [3.05, 3.63) is 41.5 Å². The van der Waals surface area contributed by atoms with E-state index < -0.39 is 5.97 Å². The number of carbonyl (C=O) groups is 2. The summed E-state index contributed by atoms with van der Waals surface area (Å²) in [6, 6.07) is 7.18. The third-order valence-electron chi connectivity index (χ3n) is 2.26. The van der Waals surface area contributed by atoms with E-state index in [2.05, 4.69) is 11.4 Å². The van der Waals surface area contributed by atoms with Gasteiger partial charge in [-0.05, 0) is 26.0 Å². The van der Waals surface area contributed by atoms with E-state index in [1.54, 1.807) is 23.9 Å². The molecule has 0 atom stereocenters. The van der Waals surface area contributed by atoms with Crippen molar-refractivity contribution < 1.29 is 14.7 Å². The van der Waals surface area contributed by atoms with Crippen LogP contribution in [0.15, 0.2) is 40.8 Å². The molecule has 0 aromatic heterocycles. The van der Waals surface area contributed by atoms with Crippen LogP contribution >= 0.6 is 11.8 Å². The van der Waals surface area contributed by atoms with Gasteiger partial charge in [0.15, 0.2) is 0 Å². The molecule has 0 fully saturated rings. The van der Waals surface area contributed by atoms with Gasteiger partial charge in [-0.2, -0.15) is 0 Å². The molecule has 0 saturated heterocycles. The Balaban J connectivity index is 2.74. The molecule has 1 aromatic rings. The van der Waals surface area contributed by atoms with Crippen LogP contribution in [0, 0.1) is 0 Å². The molecule has 0 saturated carbocycles. The maximum atomic E-state index is 11.9. The Labute approximate surface area is 116 Å². The largest absolute Gasteiger partial charge is 0.480 e. The normalized spacial score (nSPS) is 9.79. The summed E-state index contributed by atoms with van der Waals surface area (Å²) < 4.78 is 0. The topological polar surface area (TPSA) is 66.4 Å². The van der Waals surface area contributed by atoms with Gasteiger partial charge >= 0.3 is 5.97 Å². The molecule has 4 nitrogen and oxygen atoms in total. The summed E-state index contributed by atoms with van der Waals surface area (Å²) >= 11 is 1.55. The number of rotatable bonds is 6. The number of allylic oxidation sites excluding steroid dienone is 1. The highest BCUT2D eigenvalue weighted by Crippen LogP contribution is 2.23. The molecule has 102 valence electrons. The van der Waals surface area contributed by atoms with Crippen LogP contribution < -0.4 is 5.32 Å². The zero-order valence-electron chi connectivity index (χ0n) is 11.0. The summed E-state index contributed by atoms with van der Waals surface area (Å²) in [6.07, 6.45) is 2.08. The summed E-state index contributed by atoms with van der Waals surface area (Å²) in [7, 11) is 0. The van der Waals surface area contributed by atoms with Crippen molar-refractivity contribution in [3.63, 3.8) is 0 Å². The molecule has 0 radical (unpaired) electrons. The fourth-order valence-corrected chi connectivity index (χ4v) is 2.42. The van der Waals surface area contributed by atoms with Gasteiger partial charge in [0.2, 0.25) is 0 Å². The lowest BCUT2D eigenvalue weighted by molar-refractivity contribution is -0.135. The minimum Gasteiger partial charge on any atom is -0.480 e. The number of benzene rings is 1. The smallest absolute Gasteiger partial charge is 0.322 e. The van der Waals surface area contributed by atoms with E-state index >= 15 is 0 Å². The van der Waals surface area contributed by atoms with Crippen LogP contribution in [0.3, 0.4) is 0 Å². The molecular weight excluding hydrogens is 262 g/mol. The van der Waals surface area contributed by atoms with Crippen molar-refractivity contribution in [1.29, 1.82) is 0 Å². The third-order valence-corrected chi connectivity index (χ3v) is 3.26. The van der Waals surface area contributed by atoms with Crippen molar-refractivity contribution in [1.82, 2.24) is 5.32 Å². The number of hydrogen-bond donors (Lipinski definition) is 2. The van der Waals surface area contributed by atoms with Gasteiger partial charge in [-0.15, -0.1) is 11.8 Å². The first-order valence-corrected chi connectivity index (χ1v) is 6.84. The van der Waals surface area contributed by atoms with E-state index in [9.17, 15) is 9.59 Å². The minimum atomic E-state index is -1.05. The van der Waals surface area contributed by atoms with Gasteiger partial charge < -0.3 is 10.4 Å². The van der Waals surface area contributed by atoms with Crippen LogP contribution in [-0.4, -0.2) is 29.3 Å². The highest BCUT2D eigenvalue weighted by Gasteiger charge is 2.11. The highest BCUT2D eigenvalue weighted by atomic mass is 32.2. The number of carboxylic acid groups (broad SMARTS) is 1. The Morgan fingerprint density at radius 3 is 2.63 bits per heavy atom. The molecule has 5 heteroatoms. The lowest BCUT2D eigenvalue weighted by Crippen LogP contribution is -2.29. The van der Waals surface area contributed by atoms with Crippen molar-refractivity contribution in [2.24, 2.45) is 0 Å². The van der Waals surface area contributed by atoms with E-state index in [0.717, 1.165) is 10.6 Å². The molecule has 0 aliphatic heterocycles. The fraction of sp³-hybridized carbons (Fsp3) is 0.286. The van der Waals surface area contributed by atoms with Gasteiger partial charge in [0.1, 0.15) is 6.54 Å². The zero-order chi connectivity index (χ0) is 14.3. The summed E-state index contributed by atoms with van der Waals surface area (Å²) in [4.78, 5) is 23.2. The van der Waals surface area contributed by atoms with Gasteiger partial charge in [-0.3, -0.25) is 9.59 Å². The lowest BCUT2D eigenvalue weighted by Gasteiger charge is -2.07. The van der Waals surface area contributed by atoms with Crippen LogP contribution in [0.2, 0.25) is 0 Å². The fourth-order valence-electron chi connectivity index (χ4n) is 1.33. The van der Waals surface area contributed by atoms with Crippen molar-refractivity contribution >= 4 is 23.6 Å². The Morgan fingerprint density at radius 2 is 2.00 bits per heavy atom. The predicted molar refractivity (Wildman–Crippen MR) is 76.6 cm³/mol. The molecule has 2 N–H and O–H groups in total. The molecule has 1 amide bonds. The number of nitrogens with one attached hydrogen (secondary N) is 1. The summed E-state index contributed by atoms with van der Waals surface area (Å²) in [5.74, 6) is -0.628. The number of thioether (sulfide) groups is 1. The monoisotopic (exact) mass is 279 g/mol. The maximum absolute atomic E-state index is 11.9. The van der Waals surface area contributed by atoms with E-state index in [0.29, 0.717) is 5.56 Å². The third kappa shape index (κ3) is 5.61. The summed E-state index contributed by atoms with van der Waals surface area (Å²) in [6.45, 7) is 3.67. The predicted octanol–water partition coefficient (Wildman–Crippen LogP) is 2.56. The number of aliphatic carboxylic acids is 1. The summed E-state index contributed by atoms with van der Waals surface area (Å²) in [5.41, 5.74) is 1.73. The molecule has 19 heavy (non-hydrogen) atoms. The minimum absolute atomic E-state index is 0.359. The molecule has 1 aromatic carbocycles. The molecule has 0 aliphatic rings. The van der Waals surface area contributed by atoms with Crippen LogP contribution in [-0.2, 0) is 4.79 Å². The molecule has 0 heterocycles. The quantitative estimate of drug-likeness (QED) is 0.620. The number of amides is 1. The van der Waals surface area contributed by atoms with Crippen molar-refractivity contribution in [2.45, 2.75) is 18.7 Å². The molecule has 0 spiro atoms. The van der Waals surface area contributed by atoms with Gasteiger partial charge in [0.05, 0.1) is 5.56 Å². The van der Waals surface area contributed by atoms with Crippen LogP contribution in [0.4, 0.5) is 0 Å². The van der Waals surface area contributed by atoms with Crippen LogP contribution in [0.25, 0.3) is 0 Å². The van der Waals surface area contributed by atoms with Crippen molar-refractivity contribution in [3.8, 4) is 0 Å². The zero-order valence-corrected chi connectivity index (χ0v) is 11.8. The Morgan fingerprint density at radius 1 is 1.32 bits per heavy atom. The standard InChI is InChI=1S/C14H17NO3S/c1-10(2)7-8-19-12-6-4-3-5-11(12)14(18)15-9-13(16)17/h3-7H,8-9H2,1-2H3,(H,15,18)(H,16,17). The summed E-state index contributed by atoms with van der Waals surface area (Å²) in [5, 5.41) is 10.9. The van der Waals surface area contributed by atoms with E-state index in [1.165, 1.54) is 5.57 Å². The van der Waals surface area contributed by atoms with E-state index in [-0.39, 0.29) is 12.5 Å². The maximum Gasteiger partial charge on any atom is 0.322 e. The number of carboxylic acids is 1. The molecule has 0 bridgehead atoms. The Hall–Kier alpha value is -1.75. The molecule has 1 rings (SSSR count). The molecular formula is C14H17NO3S. The average molecular weight is 279 g/mol. The van der Waals surface area contributed by atoms with E-state index in [4.69, 9.17) is 5.11 Å². The number of carbonyl (C=O) groups excluding carboxylic acids is 1. The van der Waals surface area contributed by atoms with Crippen molar-refractivity contribution in [2.75, 3.05) is 12.3 Å². The first-order valence-electron chi connectivity index (χ1n) is 5.86. The second-order valence-electron chi connectivity index (χ2n) is 4.17. The molecule has 0 aliphatic carbocycles. The highest BCUT2D eigenvalue weighted by molar-refractivity contribution is 7.99. The van der Waals surface area contributed by atoms with Gasteiger partial charge in [0, 0.05) is 10.6 Å². The SMILES string of the molecule is CC(C)=CCSc1ccccc1C(=O)NCC(=O)O. The Bertz CT molecular complexity index is 493. The first-order chi connectivity index (χ1) is 9.00.